The number of anilines is 1. The zero-order chi connectivity index (χ0) is 15.5. The summed E-state index contributed by atoms with van der Waals surface area (Å²) in [4.78, 5) is 15.3. The summed E-state index contributed by atoms with van der Waals surface area (Å²) in [5.74, 6) is -1.40. The fourth-order valence-electron chi connectivity index (χ4n) is 1.59. The van der Waals surface area contributed by atoms with Crippen LogP contribution < -0.4 is 10.0 Å². The Morgan fingerprint density at radius 2 is 1.90 bits per heavy atom. The summed E-state index contributed by atoms with van der Waals surface area (Å²) < 4.78 is 38.5. The van der Waals surface area contributed by atoms with Crippen molar-refractivity contribution in [1.82, 2.24) is 9.71 Å². The number of carbonyl (C=O) groups excluding carboxylic acids is 1. The van der Waals surface area contributed by atoms with Gasteiger partial charge in [0.25, 0.3) is 5.91 Å². The number of sulfonamides is 1. The second-order valence-electron chi connectivity index (χ2n) is 4.04. The molecule has 0 unspecified atom stereocenters. The molecule has 1 aromatic heterocycles. The van der Waals surface area contributed by atoms with Gasteiger partial charge >= 0.3 is 0 Å². The second kappa shape index (κ2) is 5.98. The minimum absolute atomic E-state index is 0.00926. The van der Waals surface area contributed by atoms with Crippen molar-refractivity contribution in [2.75, 3.05) is 12.4 Å². The Hall–Kier alpha value is -2.32. The van der Waals surface area contributed by atoms with Gasteiger partial charge in [0.15, 0.2) is 0 Å². The predicted molar refractivity (Wildman–Crippen MR) is 74.8 cm³/mol. The molecule has 2 rings (SSSR count). The molecular weight excluding hydrogens is 297 g/mol. The summed E-state index contributed by atoms with van der Waals surface area (Å²) in [5, 5.41) is 2.46. The van der Waals surface area contributed by atoms with Crippen LogP contribution in [-0.4, -0.2) is 26.4 Å². The maximum atomic E-state index is 13.0. The first-order valence-corrected chi connectivity index (χ1v) is 7.38. The quantitative estimate of drug-likeness (QED) is 0.835. The Morgan fingerprint density at radius 3 is 2.57 bits per heavy atom. The van der Waals surface area contributed by atoms with Gasteiger partial charge in [0, 0.05) is 5.69 Å². The topological polar surface area (TPSA) is 88.2 Å². The van der Waals surface area contributed by atoms with Gasteiger partial charge in [0.05, 0.1) is 4.90 Å². The molecule has 0 atom stereocenters. The SMILES string of the molecule is CNS(=O)(=O)c1cccc(NC(=O)c2cccc(F)n2)c1. The lowest BCUT2D eigenvalue weighted by molar-refractivity contribution is 0.102. The van der Waals surface area contributed by atoms with Gasteiger partial charge in [-0.15, -0.1) is 0 Å². The second-order valence-corrected chi connectivity index (χ2v) is 5.92. The molecule has 1 amide bonds. The van der Waals surface area contributed by atoms with E-state index in [4.69, 9.17) is 0 Å². The van der Waals surface area contributed by atoms with E-state index >= 15 is 0 Å². The van der Waals surface area contributed by atoms with E-state index in [0.29, 0.717) is 0 Å². The van der Waals surface area contributed by atoms with Crippen LogP contribution in [0.1, 0.15) is 10.5 Å². The third kappa shape index (κ3) is 3.61. The average molecular weight is 309 g/mol. The summed E-state index contributed by atoms with van der Waals surface area (Å²) in [5.41, 5.74) is 0.166. The lowest BCUT2D eigenvalue weighted by atomic mass is 10.3. The zero-order valence-electron chi connectivity index (χ0n) is 11.0. The number of carbonyl (C=O) groups is 1. The van der Waals surface area contributed by atoms with Crippen molar-refractivity contribution < 1.29 is 17.6 Å². The molecule has 0 aliphatic rings. The van der Waals surface area contributed by atoms with Crippen LogP contribution in [0.15, 0.2) is 47.4 Å². The van der Waals surface area contributed by atoms with Crippen molar-refractivity contribution in [2.24, 2.45) is 0 Å². The Morgan fingerprint density at radius 1 is 1.19 bits per heavy atom. The maximum Gasteiger partial charge on any atom is 0.274 e. The molecule has 1 heterocycles. The van der Waals surface area contributed by atoms with Gasteiger partial charge in [-0.05, 0) is 37.4 Å². The fourth-order valence-corrected chi connectivity index (χ4v) is 2.36. The van der Waals surface area contributed by atoms with Crippen LogP contribution in [0.5, 0.6) is 0 Å². The molecule has 0 bridgehead atoms. The van der Waals surface area contributed by atoms with Gasteiger partial charge in [-0.25, -0.2) is 18.1 Å². The average Bonchev–Trinajstić information content (AvgIpc) is 2.47. The number of amides is 1. The van der Waals surface area contributed by atoms with Gasteiger partial charge < -0.3 is 5.32 Å². The summed E-state index contributed by atoms with van der Waals surface area (Å²) in [6.07, 6.45) is 0. The highest BCUT2D eigenvalue weighted by Gasteiger charge is 2.13. The molecule has 8 heteroatoms. The van der Waals surface area contributed by atoms with Crippen molar-refractivity contribution >= 4 is 21.6 Å². The van der Waals surface area contributed by atoms with Gasteiger partial charge in [-0.3, -0.25) is 4.79 Å². The maximum absolute atomic E-state index is 13.0. The Kier molecular flexibility index (Phi) is 4.29. The molecule has 0 fully saturated rings. The van der Waals surface area contributed by atoms with Crippen molar-refractivity contribution in [3.63, 3.8) is 0 Å². The molecule has 2 N–H and O–H groups in total. The van der Waals surface area contributed by atoms with Crippen molar-refractivity contribution in [2.45, 2.75) is 4.90 Å². The van der Waals surface area contributed by atoms with E-state index in [1.165, 1.54) is 43.4 Å². The van der Waals surface area contributed by atoms with Gasteiger partial charge in [-0.2, -0.15) is 4.39 Å². The Labute approximate surface area is 121 Å². The molecule has 21 heavy (non-hydrogen) atoms. The standard InChI is InChI=1S/C13H12FN3O3S/c1-15-21(19,20)10-5-2-4-9(8-10)16-13(18)11-6-3-7-12(14)17-11/h2-8,15H,1H3,(H,16,18). The number of benzene rings is 1. The van der Waals surface area contributed by atoms with Gasteiger partial charge in [0.1, 0.15) is 5.69 Å². The third-order valence-corrected chi connectivity index (χ3v) is 4.03. The van der Waals surface area contributed by atoms with E-state index < -0.39 is 21.9 Å². The fraction of sp³-hybridized carbons (Fsp3) is 0.0769. The van der Waals surface area contributed by atoms with Gasteiger partial charge in [-0.1, -0.05) is 12.1 Å². The number of halogens is 1. The Bertz CT molecular complexity index is 778. The van der Waals surface area contributed by atoms with E-state index in [0.717, 1.165) is 6.07 Å². The molecule has 0 radical (unpaired) electrons. The summed E-state index contributed by atoms with van der Waals surface area (Å²) in [7, 11) is -2.32. The third-order valence-electron chi connectivity index (χ3n) is 2.62. The molecule has 2 aromatic rings. The first-order valence-electron chi connectivity index (χ1n) is 5.90. The summed E-state index contributed by atoms with van der Waals surface area (Å²) in [6, 6.07) is 9.53. The minimum atomic E-state index is -3.60. The van der Waals surface area contributed by atoms with Crippen LogP contribution in [0.25, 0.3) is 0 Å². The monoisotopic (exact) mass is 309 g/mol. The molecule has 1 aromatic carbocycles. The van der Waals surface area contributed by atoms with Crippen LogP contribution in [0.4, 0.5) is 10.1 Å². The first-order chi connectivity index (χ1) is 9.92. The predicted octanol–water partition coefficient (Wildman–Crippen LogP) is 1.38. The van der Waals surface area contributed by atoms with E-state index in [2.05, 4.69) is 15.0 Å². The highest BCUT2D eigenvalue weighted by molar-refractivity contribution is 7.89. The molecule has 0 saturated heterocycles. The van der Waals surface area contributed by atoms with Crippen molar-refractivity contribution in [3.8, 4) is 0 Å². The van der Waals surface area contributed by atoms with E-state index in [9.17, 15) is 17.6 Å². The lowest BCUT2D eigenvalue weighted by Crippen LogP contribution is -2.19. The highest BCUT2D eigenvalue weighted by Crippen LogP contribution is 2.15. The van der Waals surface area contributed by atoms with Crippen LogP contribution >= 0.6 is 0 Å². The molecule has 0 spiro atoms. The Balaban J connectivity index is 2.24. The minimum Gasteiger partial charge on any atom is -0.321 e. The molecule has 110 valence electrons. The largest absolute Gasteiger partial charge is 0.321 e. The number of nitrogens with one attached hydrogen (secondary N) is 2. The molecule has 6 nitrogen and oxygen atoms in total. The highest BCUT2D eigenvalue weighted by atomic mass is 32.2. The van der Waals surface area contributed by atoms with Crippen molar-refractivity contribution in [3.05, 3.63) is 54.1 Å². The van der Waals surface area contributed by atoms with Crippen LogP contribution in [0, 0.1) is 5.95 Å². The first kappa shape index (κ1) is 15.1. The number of pyridine rings is 1. The molecule has 0 aliphatic heterocycles. The number of hydrogen-bond donors (Lipinski definition) is 2. The summed E-state index contributed by atoms with van der Waals surface area (Å²) in [6.45, 7) is 0. The van der Waals surface area contributed by atoms with Crippen molar-refractivity contribution in [1.29, 1.82) is 0 Å². The number of hydrogen-bond acceptors (Lipinski definition) is 4. The molecule has 0 aliphatic carbocycles. The molecular formula is C13H12FN3O3S. The normalized spacial score (nSPS) is 11.1. The van der Waals surface area contributed by atoms with E-state index in [1.807, 2.05) is 0 Å². The van der Waals surface area contributed by atoms with E-state index in [-0.39, 0.29) is 16.3 Å². The van der Waals surface area contributed by atoms with Gasteiger partial charge in [0.2, 0.25) is 16.0 Å². The summed E-state index contributed by atoms with van der Waals surface area (Å²) >= 11 is 0. The molecule has 0 saturated carbocycles. The lowest BCUT2D eigenvalue weighted by Gasteiger charge is -2.07. The van der Waals surface area contributed by atoms with Crippen LogP contribution in [0.3, 0.4) is 0 Å². The van der Waals surface area contributed by atoms with E-state index in [1.54, 1.807) is 0 Å². The number of rotatable bonds is 4. The zero-order valence-corrected chi connectivity index (χ0v) is 11.8. The number of nitrogens with zero attached hydrogens (tertiary/aromatic N) is 1. The van der Waals surface area contributed by atoms with Crippen LogP contribution in [-0.2, 0) is 10.0 Å². The van der Waals surface area contributed by atoms with Crippen LogP contribution in [0.2, 0.25) is 0 Å². The smallest absolute Gasteiger partial charge is 0.274 e. The number of aromatic nitrogens is 1.